The van der Waals surface area contributed by atoms with E-state index in [1.54, 1.807) is 49.3 Å². The van der Waals surface area contributed by atoms with E-state index in [0.29, 0.717) is 39.5 Å². The molecule has 0 spiro atoms. The molecule has 3 aromatic rings. The summed E-state index contributed by atoms with van der Waals surface area (Å²) in [6.45, 7) is 5.79. The quantitative estimate of drug-likeness (QED) is 0.395. The third kappa shape index (κ3) is 3.51. The van der Waals surface area contributed by atoms with Gasteiger partial charge < -0.3 is 14.4 Å². The topological polar surface area (TPSA) is 90.2 Å². The van der Waals surface area contributed by atoms with Crippen LogP contribution < -0.4 is 24.5 Å². The SMILES string of the molecule is C=CCN1C(=O)C(=c2sc3n(c2=O)[C@@H](c2ccc(OC)cc2)C(C(=O)OC)=C(C)N=3)c2ccccc21. The van der Waals surface area contributed by atoms with Crippen molar-refractivity contribution in [2.75, 3.05) is 25.7 Å². The van der Waals surface area contributed by atoms with Crippen molar-refractivity contribution in [3.8, 4) is 5.75 Å². The first-order valence-corrected chi connectivity index (χ1v) is 12.0. The minimum absolute atomic E-state index is 0.262. The molecule has 36 heavy (non-hydrogen) atoms. The van der Waals surface area contributed by atoms with Crippen molar-refractivity contribution in [3.63, 3.8) is 0 Å². The molecule has 0 saturated carbocycles. The summed E-state index contributed by atoms with van der Waals surface area (Å²) in [5.41, 5.74) is 2.73. The zero-order valence-corrected chi connectivity index (χ0v) is 20.8. The Morgan fingerprint density at radius 3 is 2.53 bits per heavy atom. The van der Waals surface area contributed by atoms with Gasteiger partial charge in [-0.2, -0.15) is 0 Å². The fourth-order valence-corrected chi connectivity index (χ4v) is 5.79. The van der Waals surface area contributed by atoms with Gasteiger partial charge in [-0.05, 0) is 30.7 Å². The Hall–Kier alpha value is -4.24. The molecule has 2 aromatic carbocycles. The minimum Gasteiger partial charge on any atom is -0.497 e. The highest BCUT2D eigenvalue weighted by molar-refractivity contribution is 7.07. The maximum absolute atomic E-state index is 14.0. The Morgan fingerprint density at radius 2 is 1.86 bits per heavy atom. The second-order valence-corrected chi connectivity index (χ2v) is 9.24. The van der Waals surface area contributed by atoms with Crippen LogP contribution in [-0.4, -0.2) is 37.2 Å². The third-order valence-corrected chi connectivity index (χ3v) is 7.35. The second kappa shape index (κ2) is 9.09. The summed E-state index contributed by atoms with van der Waals surface area (Å²) in [5, 5.41) is 0. The fraction of sp³-hybridized carbons (Fsp3) is 0.185. The lowest BCUT2D eigenvalue weighted by Crippen LogP contribution is -2.40. The van der Waals surface area contributed by atoms with Gasteiger partial charge in [0, 0.05) is 12.1 Å². The number of benzene rings is 2. The molecule has 0 aliphatic carbocycles. The first-order chi connectivity index (χ1) is 17.4. The Kier molecular flexibility index (Phi) is 5.93. The lowest BCUT2D eigenvalue weighted by Gasteiger charge is -2.24. The predicted octanol–water partition coefficient (Wildman–Crippen LogP) is 2.32. The third-order valence-electron chi connectivity index (χ3n) is 6.30. The molecule has 0 fully saturated rings. The molecule has 2 aliphatic heterocycles. The van der Waals surface area contributed by atoms with Crippen LogP contribution in [0.3, 0.4) is 0 Å². The van der Waals surface area contributed by atoms with E-state index < -0.39 is 17.6 Å². The summed E-state index contributed by atoms with van der Waals surface area (Å²) in [6.07, 6.45) is 1.65. The molecule has 1 aromatic heterocycles. The number of para-hydroxylation sites is 1. The van der Waals surface area contributed by atoms with Gasteiger partial charge in [0.15, 0.2) is 4.80 Å². The van der Waals surface area contributed by atoms with Crippen molar-refractivity contribution in [1.29, 1.82) is 0 Å². The summed E-state index contributed by atoms with van der Waals surface area (Å²) in [5.74, 6) is -0.204. The summed E-state index contributed by atoms with van der Waals surface area (Å²) in [6, 6.07) is 13.7. The number of fused-ring (bicyclic) bond motifs is 2. The summed E-state index contributed by atoms with van der Waals surface area (Å²) < 4.78 is 12.1. The van der Waals surface area contributed by atoms with Crippen molar-refractivity contribution in [1.82, 2.24) is 4.57 Å². The van der Waals surface area contributed by atoms with E-state index in [-0.39, 0.29) is 16.0 Å². The predicted molar refractivity (Wildman–Crippen MR) is 137 cm³/mol. The number of hydrogen-bond acceptors (Lipinski definition) is 7. The molecule has 0 unspecified atom stereocenters. The van der Waals surface area contributed by atoms with Crippen LogP contribution in [0.4, 0.5) is 5.69 Å². The van der Waals surface area contributed by atoms with E-state index in [2.05, 4.69) is 11.6 Å². The van der Waals surface area contributed by atoms with Crippen LogP contribution in [0.2, 0.25) is 0 Å². The van der Waals surface area contributed by atoms with E-state index >= 15 is 0 Å². The fourth-order valence-electron chi connectivity index (χ4n) is 4.65. The zero-order valence-electron chi connectivity index (χ0n) is 20.0. The lowest BCUT2D eigenvalue weighted by molar-refractivity contribution is -0.136. The number of amides is 1. The average molecular weight is 502 g/mol. The Balaban J connectivity index is 1.81. The van der Waals surface area contributed by atoms with Crippen LogP contribution in [0.15, 0.2) is 82.2 Å². The average Bonchev–Trinajstić information content (AvgIpc) is 3.35. The number of hydrogen-bond donors (Lipinski definition) is 0. The van der Waals surface area contributed by atoms with Crippen LogP contribution in [-0.2, 0) is 14.3 Å². The monoisotopic (exact) mass is 501 g/mol. The zero-order chi connectivity index (χ0) is 25.6. The minimum atomic E-state index is -0.773. The number of ether oxygens (including phenoxy) is 2. The largest absolute Gasteiger partial charge is 0.497 e. The molecule has 0 bridgehead atoms. The van der Waals surface area contributed by atoms with Crippen molar-refractivity contribution in [2.24, 2.45) is 4.99 Å². The van der Waals surface area contributed by atoms with E-state index in [9.17, 15) is 14.4 Å². The molecule has 9 heteroatoms. The van der Waals surface area contributed by atoms with Gasteiger partial charge in [0.1, 0.15) is 10.3 Å². The van der Waals surface area contributed by atoms with Gasteiger partial charge in [0.2, 0.25) is 0 Å². The molecule has 2 aliphatic rings. The molecule has 0 saturated heterocycles. The molecular formula is C27H23N3O5S. The van der Waals surface area contributed by atoms with Gasteiger partial charge in [-0.25, -0.2) is 9.79 Å². The number of allylic oxidation sites excluding steroid dienone is 1. The maximum atomic E-state index is 14.0. The summed E-state index contributed by atoms with van der Waals surface area (Å²) >= 11 is 1.14. The van der Waals surface area contributed by atoms with Gasteiger partial charge >= 0.3 is 5.97 Å². The van der Waals surface area contributed by atoms with Crippen LogP contribution in [0.5, 0.6) is 5.75 Å². The number of rotatable bonds is 5. The molecule has 182 valence electrons. The van der Waals surface area contributed by atoms with Gasteiger partial charge in [0.25, 0.3) is 11.5 Å². The van der Waals surface area contributed by atoms with Gasteiger partial charge in [0.05, 0.1) is 42.8 Å². The number of methoxy groups -OCH3 is 2. The van der Waals surface area contributed by atoms with Gasteiger partial charge in [-0.3, -0.25) is 14.2 Å². The Labute approximate surface area is 210 Å². The number of carbonyl (C=O) groups excluding carboxylic acids is 2. The standard InChI is InChI=1S/C27H23N3O5S/c1-5-14-29-19-9-7-6-8-18(19)21(24(29)31)23-25(32)30-22(16-10-12-17(34-3)13-11-16)20(26(33)35-4)15(2)28-27(30)36-23/h5-13,22H,1,14H2,2-4H3/t22-/m0/s1. The van der Waals surface area contributed by atoms with E-state index in [1.165, 1.54) is 11.7 Å². The van der Waals surface area contributed by atoms with Crippen molar-refractivity contribution in [2.45, 2.75) is 13.0 Å². The number of esters is 1. The molecule has 3 heterocycles. The maximum Gasteiger partial charge on any atom is 0.338 e. The number of anilines is 1. The normalized spacial score (nSPS) is 17.9. The number of carbonyl (C=O) groups is 2. The molecule has 0 N–H and O–H groups in total. The first kappa shape index (κ1) is 23.5. The molecule has 1 amide bonds. The number of thiazole rings is 1. The number of nitrogens with zero attached hydrogens (tertiary/aromatic N) is 3. The molecule has 0 radical (unpaired) electrons. The smallest absolute Gasteiger partial charge is 0.338 e. The Morgan fingerprint density at radius 1 is 1.14 bits per heavy atom. The summed E-state index contributed by atoms with van der Waals surface area (Å²) in [4.78, 5) is 46.9. The van der Waals surface area contributed by atoms with E-state index in [0.717, 1.165) is 17.0 Å². The van der Waals surface area contributed by atoms with Crippen molar-refractivity contribution >= 4 is 34.5 Å². The molecule has 1 atom stereocenters. The van der Waals surface area contributed by atoms with Crippen LogP contribution >= 0.6 is 11.3 Å². The molecule has 5 rings (SSSR count). The van der Waals surface area contributed by atoms with Gasteiger partial charge in [-0.1, -0.05) is 47.7 Å². The van der Waals surface area contributed by atoms with Crippen LogP contribution in [0, 0.1) is 0 Å². The first-order valence-electron chi connectivity index (χ1n) is 11.2. The number of aromatic nitrogens is 1. The van der Waals surface area contributed by atoms with E-state index in [4.69, 9.17) is 9.47 Å². The highest BCUT2D eigenvalue weighted by Gasteiger charge is 2.36. The van der Waals surface area contributed by atoms with Crippen LogP contribution in [0.1, 0.15) is 24.1 Å². The van der Waals surface area contributed by atoms with Crippen molar-refractivity contribution < 1.29 is 19.1 Å². The highest BCUT2D eigenvalue weighted by atomic mass is 32.1. The van der Waals surface area contributed by atoms with Crippen LogP contribution in [0.25, 0.3) is 5.57 Å². The highest BCUT2D eigenvalue weighted by Crippen LogP contribution is 2.35. The van der Waals surface area contributed by atoms with Gasteiger partial charge in [-0.15, -0.1) is 6.58 Å². The molecule has 8 nitrogen and oxygen atoms in total. The second-order valence-electron chi connectivity index (χ2n) is 8.26. The van der Waals surface area contributed by atoms with Crippen molar-refractivity contribution in [3.05, 3.63) is 103 Å². The summed E-state index contributed by atoms with van der Waals surface area (Å²) in [7, 11) is 2.86. The molecular weight excluding hydrogens is 478 g/mol. The lowest BCUT2D eigenvalue weighted by atomic mass is 9.96. The van der Waals surface area contributed by atoms with E-state index in [1.807, 2.05) is 24.3 Å². The Bertz CT molecular complexity index is 1630.